The Morgan fingerprint density at radius 2 is 2.00 bits per heavy atom. The summed E-state index contributed by atoms with van der Waals surface area (Å²) in [7, 11) is 1.59. The van der Waals surface area contributed by atoms with Gasteiger partial charge in [0.15, 0.2) is 4.87 Å². The number of rotatable bonds is 4. The van der Waals surface area contributed by atoms with E-state index in [1.165, 1.54) is 23.9 Å². The lowest BCUT2D eigenvalue weighted by Crippen LogP contribution is -2.50. The number of thioether (sulfide) groups is 1. The van der Waals surface area contributed by atoms with Crippen LogP contribution < -0.4 is 9.64 Å². The van der Waals surface area contributed by atoms with E-state index in [2.05, 4.69) is 0 Å². The van der Waals surface area contributed by atoms with Gasteiger partial charge >= 0.3 is 0 Å². The van der Waals surface area contributed by atoms with Crippen molar-refractivity contribution in [2.75, 3.05) is 24.3 Å². The molecule has 2 amide bonds. The molecule has 3 aliphatic rings. The first-order valence-corrected chi connectivity index (χ1v) is 10.7. The minimum Gasteiger partial charge on any atom is -0.497 e. The Bertz CT molecular complexity index is 992. The molecule has 29 heavy (non-hydrogen) atoms. The number of fused-ring (bicyclic) bond motifs is 2. The molecule has 0 aromatic heterocycles. The van der Waals surface area contributed by atoms with Gasteiger partial charge in [-0.2, -0.15) is 0 Å². The number of nitrogens with zero attached hydrogens (tertiary/aromatic N) is 2. The van der Waals surface area contributed by atoms with Crippen molar-refractivity contribution in [3.8, 4) is 5.75 Å². The maximum atomic E-state index is 13.8. The Morgan fingerprint density at radius 1 is 1.24 bits per heavy atom. The predicted octanol–water partition coefficient (Wildman–Crippen LogP) is 3.52. The van der Waals surface area contributed by atoms with Gasteiger partial charge in [0.05, 0.1) is 19.3 Å². The third-order valence-corrected chi connectivity index (χ3v) is 7.27. The van der Waals surface area contributed by atoms with E-state index in [0.717, 1.165) is 29.7 Å². The monoisotopic (exact) mass is 412 g/mol. The quantitative estimate of drug-likeness (QED) is 0.771. The third-order valence-electron chi connectivity index (χ3n) is 5.85. The molecular weight excluding hydrogens is 391 g/mol. The fourth-order valence-corrected chi connectivity index (χ4v) is 5.68. The number of hydrogen-bond donors (Lipinski definition) is 0. The van der Waals surface area contributed by atoms with Crippen LogP contribution in [0.2, 0.25) is 0 Å². The first kappa shape index (κ1) is 18.5. The fraction of sp³-hybridized carbons (Fsp3) is 0.364. The average molecular weight is 412 g/mol. The molecule has 1 saturated heterocycles. The van der Waals surface area contributed by atoms with Gasteiger partial charge in [-0.05, 0) is 48.7 Å². The molecule has 5 nitrogen and oxygen atoms in total. The molecule has 2 aromatic carbocycles. The standard InChI is InChI=1S/C22H21FN2O3S/c1-28-17-8-9-19-18(12-17)22(25(10-11-29-22)20(26)15-4-5-15)21(27)24(19)13-14-2-6-16(23)7-3-14/h2-3,6-9,12,15H,4-5,10-11,13H2,1H3. The molecule has 1 atom stereocenters. The summed E-state index contributed by atoms with van der Waals surface area (Å²) in [5.41, 5.74) is 2.42. The van der Waals surface area contributed by atoms with Crippen molar-refractivity contribution in [1.82, 2.24) is 4.90 Å². The van der Waals surface area contributed by atoms with E-state index >= 15 is 0 Å². The molecule has 0 N–H and O–H groups in total. The summed E-state index contributed by atoms with van der Waals surface area (Å²) in [6, 6.07) is 11.8. The predicted molar refractivity (Wildman–Crippen MR) is 109 cm³/mol. The lowest BCUT2D eigenvalue weighted by atomic mass is 10.0. The molecule has 2 aliphatic heterocycles. The van der Waals surface area contributed by atoms with Gasteiger partial charge in [0.25, 0.3) is 5.91 Å². The second kappa shape index (κ2) is 6.76. The van der Waals surface area contributed by atoms with Gasteiger partial charge in [-0.15, -0.1) is 11.8 Å². The molecule has 150 valence electrons. The zero-order chi connectivity index (χ0) is 20.2. The van der Waals surface area contributed by atoms with Crippen LogP contribution in [0.1, 0.15) is 24.0 Å². The van der Waals surface area contributed by atoms with Crippen molar-refractivity contribution in [2.45, 2.75) is 24.3 Å². The Morgan fingerprint density at radius 3 is 2.69 bits per heavy atom. The number of hydrogen-bond acceptors (Lipinski definition) is 4. The number of halogens is 1. The molecule has 1 spiro atoms. The molecule has 2 heterocycles. The van der Waals surface area contributed by atoms with E-state index in [1.54, 1.807) is 29.0 Å². The van der Waals surface area contributed by atoms with Crippen LogP contribution in [0.3, 0.4) is 0 Å². The first-order valence-electron chi connectivity index (χ1n) is 9.75. The first-order chi connectivity index (χ1) is 14.0. The van der Waals surface area contributed by atoms with Gasteiger partial charge in [-0.25, -0.2) is 4.39 Å². The fourth-order valence-electron chi connectivity index (χ4n) is 4.22. The van der Waals surface area contributed by atoms with Crippen molar-refractivity contribution in [2.24, 2.45) is 5.92 Å². The smallest absolute Gasteiger partial charge is 0.268 e. The normalized spacial score (nSPS) is 23.0. The summed E-state index contributed by atoms with van der Waals surface area (Å²) < 4.78 is 18.7. The molecular formula is C22H21FN2O3S. The second-order valence-electron chi connectivity index (χ2n) is 7.66. The van der Waals surface area contributed by atoms with Gasteiger partial charge in [-0.1, -0.05) is 12.1 Å². The van der Waals surface area contributed by atoms with Crippen molar-refractivity contribution in [3.63, 3.8) is 0 Å². The molecule has 5 rings (SSSR count). The van der Waals surface area contributed by atoms with Gasteiger partial charge in [0, 0.05) is 23.8 Å². The van der Waals surface area contributed by atoms with Crippen LogP contribution >= 0.6 is 11.8 Å². The molecule has 1 aliphatic carbocycles. The Labute approximate surface area is 172 Å². The van der Waals surface area contributed by atoms with Crippen LogP contribution in [-0.2, 0) is 21.0 Å². The number of carbonyl (C=O) groups excluding carboxylic acids is 2. The summed E-state index contributed by atoms with van der Waals surface area (Å²) in [5, 5.41) is 0. The van der Waals surface area contributed by atoms with E-state index in [4.69, 9.17) is 4.74 Å². The van der Waals surface area contributed by atoms with Crippen molar-refractivity contribution in [1.29, 1.82) is 0 Å². The van der Waals surface area contributed by atoms with Crippen LogP contribution in [0.5, 0.6) is 5.75 Å². The number of methoxy groups -OCH3 is 1. The maximum absolute atomic E-state index is 13.8. The van der Waals surface area contributed by atoms with Gasteiger partial charge in [0.1, 0.15) is 11.6 Å². The van der Waals surface area contributed by atoms with Gasteiger partial charge < -0.3 is 14.5 Å². The van der Waals surface area contributed by atoms with Crippen LogP contribution in [0, 0.1) is 11.7 Å². The molecule has 1 saturated carbocycles. The molecule has 0 bridgehead atoms. The summed E-state index contributed by atoms with van der Waals surface area (Å²) in [5.74, 6) is 1.06. The number of carbonyl (C=O) groups is 2. The number of benzene rings is 2. The van der Waals surface area contributed by atoms with E-state index in [9.17, 15) is 14.0 Å². The summed E-state index contributed by atoms with van der Waals surface area (Å²) in [6.07, 6.45) is 1.79. The third kappa shape index (κ3) is 2.82. The summed E-state index contributed by atoms with van der Waals surface area (Å²) in [4.78, 5) is 29.3. The van der Waals surface area contributed by atoms with Gasteiger partial charge in [-0.3, -0.25) is 9.59 Å². The topological polar surface area (TPSA) is 49.9 Å². The number of anilines is 1. The van der Waals surface area contributed by atoms with Crippen LogP contribution in [-0.4, -0.2) is 36.1 Å². The minimum absolute atomic E-state index is 0.0404. The lowest BCUT2D eigenvalue weighted by molar-refractivity contribution is -0.141. The molecule has 7 heteroatoms. The number of ether oxygens (including phenoxy) is 1. The van der Waals surface area contributed by atoms with E-state index < -0.39 is 4.87 Å². The summed E-state index contributed by atoms with van der Waals surface area (Å²) in [6.45, 7) is 0.888. The van der Waals surface area contributed by atoms with E-state index in [0.29, 0.717) is 24.6 Å². The van der Waals surface area contributed by atoms with Crippen LogP contribution in [0.15, 0.2) is 42.5 Å². The lowest BCUT2D eigenvalue weighted by Gasteiger charge is -2.33. The number of amides is 2. The second-order valence-corrected chi connectivity index (χ2v) is 8.95. The molecule has 1 unspecified atom stereocenters. The minimum atomic E-state index is -1.04. The molecule has 2 fully saturated rings. The Hall–Kier alpha value is -2.54. The van der Waals surface area contributed by atoms with Crippen LogP contribution in [0.4, 0.5) is 10.1 Å². The average Bonchev–Trinajstić information content (AvgIpc) is 3.46. The SMILES string of the molecule is COc1ccc2c(c1)C1(SCCN1C(=O)C1CC1)C(=O)N2Cc1ccc(F)cc1. The highest BCUT2D eigenvalue weighted by atomic mass is 32.2. The van der Waals surface area contributed by atoms with Crippen molar-refractivity contribution in [3.05, 3.63) is 59.4 Å². The van der Waals surface area contributed by atoms with Crippen LogP contribution in [0.25, 0.3) is 0 Å². The van der Waals surface area contributed by atoms with E-state index in [-0.39, 0.29) is 23.5 Å². The molecule has 0 radical (unpaired) electrons. The highest BCUT2D eigenvalue weighted by molar-refractivity contribution is 8.01. The zero-order valence-electron chi connectivity index (χ0n) is 16.1. The zero-order valence-corrected chi connectivity index (χ0v) is 16.9. The maximum Gasteiger partial charge on any atom is 0.268 e. The largest absolute Gasteiger partial charge is 0.497 e. The Balaban J connectivity index is 1.60. The highest BCUT2D eigenvalue weighted by Crippen LogP contribution is 2.56. The molecule has 2 aromatic rings. The Kier molecular flexibility index (Phi) is 4.31. The van der Waals surface area contributed by atoms with Gasteiger partial charge in [0.2, 0.25) is 5.91 Å². The van der Waals surface area contributed by atoms with Crippen molar-refractivity contribution < 1.29 is 18.7 Å². The van der Waals surface area contributed by atoms with E-state index in [1.807, 2.05) is 18.2 Å². The summed E-state index contributed by atoms with van der Waals surface area (Å²) >= 11 is 1.52. The van der Waals surface area contributed by atoms with Crippen molar-refractivity contribution >= 4 is 29.3 Å². The highest BCUT2D eigenvalue weighted by Gasteiger charge is 2.60.